The first-order valence-corrected chi connectivity index (χ1v) is 12.1. The van der Waals surface area contributed by atoms with Crippen LogP contribution in [0.2, 0.25) is 0 Å². The summed E-state index contributed by atoms with van der Waals surface area (Å²) in [6.45, 7) is 6.63. The molecule has 1 aliphatic heterocycles. The van der Waals surface area contributed by atoms with Gasteiger partial charge in [-0.2, -0.15) is 4.98 Å². The number of para-hydroxylation sites is 1. The number of nitrogens with zero attached hydrogens (tertiary/aromatic N) is 3. The summed E-state index contributed by atoms with van der Waals surface area (Å²) < 4.78 is 6.37. The fraction of sp³-hybridized carbons (Fsp3) is 0.400. The first-order valence-electron chi connectivity index (χ1n) is 11.2. The van der Waals surface area contributed by atoms with Gasteiger partial charge in [0.05, 0.1) is 0 Å². The third-order valence-electron chi connectivity index (χ3n) is 5.47. The van der Waals surface area contributed by atoms with Gasteiger partial charge in [-0.1, -0.05) is 94.3 Å². The van der Waals surface area contributed by atoms with E-state index in [0.29, 0.717) is 22.6 Å². The molecule has 4 rings (SSSR count). The largest absolute Gasteiger partial charge is 0.448 e. The van der Waals surface area contributed by atoms with Gasteiger partial charge in [0.1, 0.15) is 0 Å². The molecule has 31 heavy (non-hydrogen) atoms. The molecule has 0 radical (unpaired) electrons. The second-order valence-corrected chi connectivity index (χ2v) is 9.23. The number of anilines is 1. The first kappa shape index (κ1) is 21.6. The second kappa shape index (κ2) is 10.1. The molecule has 1 aliphatic rings. The number of rotatable bonds is 8. The zero-order valence-electron chi connectivity index (χ0n) is 18.5. The molecule has 1 aromatic heterocycles. The first-order chi connectivity index (χ1) is 15.2. The van der Waals surface area contributed by atoms with Crippen molar-refractivity contribution in [3.8, 4) is 17.1 Å². The van der Waals surface area contributed by atoms with E-state index in [1.54, 1.807) is 11.8 Å². The maximum absolute atomic E-state index is 6.37. The van der Waals surface area contributed by atoms with Crippen molar-refractivity contribution < 1.29 is 4.74 Å². The van der Waals surface area contributed by atoms with E-state index in [4.69, 9.17) is 9.72 Å². The summed E-state index contributed by atoms with van der Waals surface area (Å²) in [5.41, 5.74) is 4.97. The minimum absolute atomic E-state index is 0.345. The van der Waals surface area contributed by atoms with Gasteiger partial charge < -0.3 is 10.1 Å². The van der Waals surface area contributed by atoms with Crippen LogP contribution in [0.4, 0.5) is 5.69 Å². The maximum atomic E-state index is 6.37. The number of unbranched alkanes of at least 4 members (excludes halogenated alkanes) is 3. The number of aromatic nitrogens is 3. The van der Waals surface area contributed by atoms with E-state index < -0.39 is 0 Å². The molecule has 0 amide bonds. The Kier molecular flexibility index (Phi) is 7.07. The molecule has 1 atom stereocenters. The van der Waals surface area contributed by atoms with E-state index in [9.17, 15) is 0 Å². The van der Waals surface area contributed by atoms with Crippen molar-refractivity contribution in [2.75, 3.05) is 11.1 Å². The molecule has 0 fully saturated rings. The Morgan fingerprint density at radius 2 is 1.81 bits per heavy atom. The number of thioether (sulfide) groups is 1. The average molecular weight is 435 g/mol. The monoisotopic (exact) mass is 434 g/mol. The fourth-order valence-corrected chi connectivity index (χ4v) is 4.38. The number of ether oxygens (including phenoxy) is 1. The van der Waals surface area contributed by atoms with Crippen molar-refractivity contribution in [1.82, 2.24) is 15.2 Å². The summed E-state index contributed by atoms with van der Waals surface area (Å²) in [6, 6.07) is 16.7. The van der Waals surface area contributed by atoms with Crippen LogP contribution in [0.15, 0.2) is 53.7 Å². The molecule has 0 saturated carbocycles. The highest BCUT2D eigenvalue weighted by Gasteiger charge is 2.26. The van der Waals surface area contributed by atoms with Crippen molar-refractivity contribution in [2.45, 2.75) is 63.8 Å². The van der Waals surface area contributed by atoms with Crippen molar-refractivity contribution in [2.24, 2.45) is 0 Å². The Labute approximate surface area is 189 Å². The zero-order valence-corrected chi connectivity index (χ0v) is 19.3. The molecular weight excluding hydrogens is 404 g/mol. The Bertz CT molecular complexity index is 1010. The van der Waals surface area contributed by atoms with E-state index in [1.165, 1.54) is 24.8 Å². The normalized spacial score (nSPS) is 14.9. The predicted octanol–water partition coefficient (Wildman–Crippen LogP) is 6.84. The molecule has 2 heterocycles. The summed E-state index contributed by atoms with van der Waals surface area (Å²) in [4.78, 5) is 4.74. The molecule has 0 spiro atoms. The lowest BCUT2D eigenvalue weighted by Crippen LogP contribution is -2.17. The van der Waals surface area contributed by atoms with Crippen molar-refractivity contribution in [3.63, 3.8) is 0 Å². The SMILES string of the molecule is CCCCCCSc1nnc2c(n1)O[C@@H](c1ccc(C(C)C)cc1)Nc1ccccc1-2. The smallest absolute Gasteiger partial charge is 0.247 e. The minimum atomic E-state index is -0.345. The Morgan fingerprint density at radius 1 is 1.00 bits per heavy atom. The number of fused-ring (bicyclic) bond motifs is 3. The van der Waals surface area contributed by atoms with Crippen LogP contribution in [0.1, 0.15) is 69.7 Å². The van der Waals surface area contributed by atoms with E-state index in [0.717, 1.165) is 29.0 Å². The van der Waals surface area contributed by atoms with E-state index in [2.05, 4.69) is 60.6 Å². The molecular formula is C25H30N4OS. The maximum Gasteiger partial charge on any atom is 0.247 e. The molecule has 162 valence electrons. The molecule has 0 bridgehead atoms. The lowest BCUT2D eigenvalue weighted by atomic mass is 10.0. The highest BCUT2D eigenvalue weighted by atomic mass is 32.2. The van der Waals surface area contributed by atoms with Gasteiger partial charge in [0.25, 0.3) is 0 Å². The van der Waals surface area contributed by atoms with Crippen LogP contribution >= 0.6 is 11.8 Å². The Balaban J connectivity index is 1.61. The molecule has 0 aliphatic carbocycles. The molecule has 0 saturated heterocycles. The highest BCUT2D eigenvalue weighted by molar-refractivity contribution is 7.99. The average Bonchev–Trinajstić information content (AvgIpc) is 2.95. The van der Waals surface area contributed by atoms with E-state index >= 15 is 0 Å². The molecule has 5 nitrogen and oxygen atoms in total. The summed E-state index contributed by atoms with van der Waals surface area (Å²) in [6.07, 6.45) is 4.57. The van der Waals surface area contributed by atoms with Crippen LogP contribution in [0, 0.1) is 0 Å². The molecule has 1 N–H and O–H groups in total. The van der Waals surface area contributed by atoms with Crippen LogP contribution in [-0.2, 0) is 0 Å². The van der Waals surface area contributed by atoms with Crippen LogP contribution in [0.5, 0.6) is 5.88 Å². The fourth-order valence-electron chi connectivity index (χ4n) is 3.61. The number of benzene rings is 2. The number of hydrogen-bond donors (Lipinski definition) is 1. The molecule has 6 heteroatoms. The topological polar surface area (TPSA) is 59.9 Å². The van der Waals surface area contributed by atoms with Gasteiger partial charge in [0, 0.05) is 22.6 Å². The van der Waals surface area contributed by atoms with Crippen molar-refractivity contribution in [1.29, 1.82) is 0 Å². The predicted molar refractivity (Wildman–Crippen MR) is 128 cm³/mol. The third-order valence-corrected chi connectivity index (χ3v) is 6.39. The minimum Gasteiger partial charge on any atom is -0.448 e. The Morgan fingerprint density at radius 3 is 2.58 bits per heavy atom. The van der Waals surface area contributed by atoms with Crippen molar-refractivity contribution in [3.05, 3.63) is 59.7 Å². The molecule has 2 aromatic carbocycles. The highest BCUT2D eigenvalue weighted by Crippen LogP contribution is 2.39. The van der Waals surface area contributed by atoms with Gasteiger partial charge in [0.15, 0.2) is 11.9 Å². The summed E-state index contributed by atoms with van der Waals surface area (Å²) in [5.74, 6) is 2.02. The van der Waals surface area contributed by atoms with Crippen LogP contribution in [0.25, 0.3) is 11.3 Å². The van der Waals surface area contributed by atoms with Gasteiger partial charge in [0.2, 0.25) is 11.0 Å². The number of nitrogens with one attached hydrogen (secondary N) is 1. The van der Waals surface area contributed by atoms with Crippen LogP contribution in [-0.4, -0.2) is 20.9 Å². The van der Waals surface area contributed by atoms with Crippen LogP contribution in [0.3, 0.4) is 0 Å². The lowest BCUT2D eigenvalue weighted by molar-refractivity contribution is 0.225. The van der Waals surface area contributed by atoms with Gasteiger partial charge in [-0.15, -0.1) is 10.2 Å². The summed E-state index contributed by atoms with van der Waals surface area (Å²) in [7, 11) is 0. The zero-order chi connectivity index (χ0) is 21.6. The van der Waals surface area contributed by atoms with E-state index in [1.807, 2.05) is 24.3 Å². The summed E-state index contributed by atoms with van der Waals surface area (Å²) in [5, 5.41) is 13.1. The van der Waals surface area contributed by atoms with Gasteiger partial charge in [-0.05, 0) is 24.0 Å². The number of hydrogen-bond acceptors (Lipinski definition) is 6. The third kappa shape index (κ3) is 5.18. The lowest BCUT2D eigenvalue weighted by Gasteiger charge is -2.20. The molecule has 3 aromatic rings. The van der Waals surface area contributed by atoms with Gasteiger partial charge in [-0.25, -0.2) is 0 Å². The van der Waals surface area contributed by atoms with Crippen LogP contribution < -0.4 is 10.1 Å². The quantitative estimate of drug-likeness (QED) is 0.309. The summed E-state index contributed by atoms with van der Waals surface area (Å²) >= 11 is 1.65. The van der Waals surface area contributed by atoms with Crippen molar-refractivity contribution >= 4 is 17.4 Å². The van der Waals surface area contributed by atoms with E-state index in [-0.39, 0.29) is 6.23 Å². The second-order valence-electron chi connectivity index (χ2n) is 8.17. The molecule has 0 unspecified atom stereocenters. The Hall–Kier alpha value is -2.60. The standard InChI is InChI=1S/C25H30N4OS/c1-4-5-6-9-16-31-25-27-24-22(28-29-25)20-10-7-8-11-21(20)26-23(30-24)19-14-12-18(13-15-19)17(2)3/h7-8,10-15,17,23,26H,4-6,9,16H2,1-3H3/t23-/m0/s1. The van der Waals surface area contributed by atoms with Gasteiger partial charge >= 0.3 is 0 Å². The van der Waals surface area contributed by atoms with Gasteiger partial charge in [-0.3, -0.25) is 0 Å².